The summed E-state index contributed by atoms with van der Waals surface area (Å²) in [6.45, 7) is 5.83. The molecule has 138 valence electrons. The van der Waals surface area contributed by atoms with Crippen LogP contribution in [0.15, 0.2) is 36.4 Å². The number of nitro groups is 1. The highest BCUT2D eigenvalue weighted by atomic mass is 16.6. The monoisotopic (exact) mass is 365 g/mol. The molecule has 0 unspecified atom stereocenters. The van der Waals surface area contributed by atoms with Crippen LogP contribution in [0.5, 0.6) is 11.5 Å². The Kier molecular flexibility index (Phi) is 3.98. The molecule has 1 aliphatic heterocycles. The molecule has 1 aliphatic carbocycles. The van der Waals surface area contributed by atoms with Gasteiger partial charge in [0.2, 0.25) is 0 Å². The summed E-state index contributed by atoms with van der Waals surface area (Å²) in [6.07, 6.45) is 5.28. The van der Waals surface area contributed by atoms with E-state index in [1.54, 1.807) is 0 Å². The van der Waals surface area contributed by atoms with Gasteiger partial charge in [0.25, 0.3) is 5.69 Å². The van der Waals surface area contributed by atoms with Gasteiger partial charge in [0.1, 0.15) is 17.6 Å². The Labute approximate surface area is 156 Å². The van der Waals surface area contributed by atoms with Crippen molar-refractivity contribution in [1.29, 1.82) is 0 Å². The van der Waals surface area contributed by atoms with Crippen molar-refractivity contribution in [2.75, 3.05) is 0 Å². The van der Waals surface area contributed by atoms with Crippen molar-refractivity contribution in [1.82, 2.24) is 0 Å². The molecule has 27 heavy (non-hydrogen) atoms. The lowest BCUT2D eigenvalue weighted by atomic mass is 9.90. The number of carbonyl (C=O) groups excluding carboxylic acids is 1. The van der Waals surface area contributed by atoms with Crippen LogP contribution >= 0.6 is 0 Å². The molecule has 0 fully saturated rings. The third-order valence-corrected chi connectivity index (χ3v) is 5.46. The molecule has 2 aromatic rings. The molecule has 0 radical (unpaired) electrons. The smallest absolute Gasteiger partial charge is 0.343 e. The zero-order chi connectivity index (χ0) is 19.3. The molecule has 6 nitrogen and oxygen atoms in total. The Bertz CT molecular complexity index is 991. The van der Waals surface area contributed by atoms with Crippen LogP contribution in [-0.4, -0.2) is 17.0 Å². The second-order valence-electron chi connectivity index (χ2n) is 6.99. The molecule has 0 amide bonds. The van der Waals surface area contributed by atoms with Gasteiger partial charge in [-0.05, 0) is 49.6 Å². The highest BCUT2D eigenvalue weighted by Crippen LogP contribution is 2.50. The molecule has 2 aliphatic rings. The summed E-state index contributed by atoms with van der Waals surface area (Å²) in [4.78, 5) is 22.9. The number of hydrogen-bond donors (Lipinski definition) is 0. The molecule has 4 rings (SSSR count). The fourth-order valence-corrected chi connectivity index (χ4v) is 3.88. The zero-order valence-corrected chi connectivity index (χ0v) is 15.3. The molecule has 2 aromatic carbocycles. The summed E-state index contributed by atoms with van der Waals surface area (Å²) in [6, 6.07) is 5.41. The van der Waals surface area contributed by atoms with E-state index in [9.17, 15) is 14.9 Å². The van der Waals surface area contributed by atoms with E-state index < -0.39 is 10.9 Å². The van der Waals surface area contributed by atoms with Crippen molar-refractivity contribution >= 4 is 11.7 Å². The predicted molar refractivity (Wildman–Crippen MR) is 99.6 cm³/mol. The third kappa shape index (κ3) is 2.68. The Morgan fingerprint density at radius 3 is 2.52 bits per heavy atom. The van der Waals surface area contributed by atoms with Crippen molar-refractivity contribution in [2.45, 2.75) is 39.2 Å². The summed E-state index contributed by atoms with van der Waals surface area (Å²) in [5.41, 5.74) is 4.04. The van der Waals surface area contributed by atoms with Crippen molar-refractivity contribution in [2.24, 2.45) is 0 Å². The maximum absolute atomic E-state index is 12.6. The van der Waals surface area contributed by atoms with E-state index in [2.05, 4.69) is 12.2 Å². The van der Waals surface area contributed by atoms with Gasteiger partial charge in [-0.15, -0.1) is 0 Å². The van der Waals surface area contributed by atoms with Crippen LogP contribution in [0.4, 0.5) is 5.69 Å². The quantitative estimate of drug-likeness (QED) is 0.262. The molecule has 0 bridgehead atoms. The highest BCUT2D eigenvalue weighted by Gasteiger charge is 2.39. The molecule has 1 heterocycles. The second-order valence-corrected chi connectivity index (χ2v) is 6.99. The van der Waals surface area contributed by atoms with Crippen LogP contribution in [-0.2, 0) is 0 Å². The molecule has 0 spiro atoms. The first-order chi connectivity index (χ1) is 12.9. The lowest BCUT2D eigenvalue weighted by molar-refractivity contribution is -0.384. The average molecular weight is 365 g/mol. The number of non-ortho nitro benzene ring substituents is 1. The van der Waals surface area contributed by atoms with Crippen molar-refractivity contribution in [3.8, 4) is 11.5 Å². The Morgan fingerprint density at radius 2 is 1.85 bits per heavy atom. The predicted octanol–water partition coefficient (Wildman–Crippen LogP) is 4.54. The van der Waals surface area contributed by atoms with Crippen LogP contribution in [0.3, 0.4) is 0 Å². The van der Waals surface area contributed by atoms with Gasteiger partial charge in [-0.2, -0.15) is 0 Å². The summed E-state index contributed by atoms with van der Waals surface area (Å²) >= 11 is 0. The number of nitrogens with zero attached hydrogens (tertiary/aromatic N) is 1. The van der Waals surface area contributed by atoms with Gasteiger partial charge >= 0.3 is 5.97 Å². The molecule has 0 aromatic heterocycles. The van der Waals surface area contributed by atoms with Crippen molar-refractivity contribution < 1.29 is 19.2 Å². The summed E-state index contributed by atoms with van der Waals surface area (Å²) in [5, 5.41) is 10.8. The minimum absolute atomic E-state index is 0.0662. The summed E-state index contributed by atoms with van der Waals surface area (Å²) in [5.74, 6) is 1.10. The average Bonchev–Trinajstić information content (AvgIpc) is 3.24. The van der Waals surface area contributed by atoms with Gasteiger partial charge in [0, 0.05) is 30.0 Å². The van der Waals surface area contributed by atoms with Crippen LogP contribution in [0.2, 0.25) is 0 Å². The number of carbonyl (C=O) groups is 1. The topological polar surface area (TPSA) is 78.7 Å². The Hall–Kier alpha value is -3.15. The van der Waals surface area contributed by atoms with E-state index in [1.807, 2.05) is 20.8 Å². The van der Waals surface area contributed by atoms with Crippen LogP contribution < -0.4 is 9.47 Å². The Balaban J connectivity index is 1.69. The van der Waals surface area contributed by atoms with Gasteiger partial charge < -0.3 is 9.47 Å². The number of rotatable bonds is 3. The fourth-order valence-electron chi connectivity index (χ4n) is 3.88. The zero-order valence-electron chi connectivity index (χ0n) is 15.3. The minimum atomic E-state index is -0.534. The van der Waals surface area contributed by atoms with Gasteiger partial charge in [-0.25, -0.2) is 4.79 Å². The maximum atomic E-state index is 12.6. The lowest BCUT2D eigenvalue weighted by Crippen LogP contribution is -2.12. The number of ether oxygens (including phenoxy) is 2. The highest BCUT2D eigenvalue weighted by molar-refractivity contribution is 5.91. The minimum Gasteiger partial charge on any atom is -0.489 e. The van der Waals surface area contributed by atoms with E-state index in [-0.39, 0.29) is 23.3 Å². The molecule has 0 saturated heterocycles. The van der Waals surface area contributed by atoms with E-state index in [1.165, 1.54) is 24.3 Å². The number of benzene rings is 2. The van der Waals surface area contributed by atoms with Gasteiger partial charge in [0.15, 0.2) is 0 Å². The fraction of sp³-hybridized carbons (Fsp3) is 0.286. The van der Waals surface area contributed by atoms with Crippen LogP contribution in [0.1, 0.15) is 45.0 Å². The van der Waals surface area contributed by atoms with E-state index in [0.717, 1.165) is 34.4 Å². The maximum Gasteiger partial charge on any atom is 0.343 e. The van der Waals surface area contributed by atoms with Gasteiger partial charge in [-0.3, -0.25) is 10.1 Å². The first kappa shape index (κ1) is 17.3. The molecule has 0 N–H and O–H groups in total. The van der Waals surface area contributed by atoms with Gasteiger partial charge in [0.05, 0.1) is 10.5 Å². The van der Waals surface area contributed by atoms with Crippen LogP contribution in [0, 0.1) is 30.9 Å². The third-order valence-electron chi connectivity index (χ3n) is 5.46. The molecule has 0 saturated carbocycles. The number of fused-ring (bicyclic) bond motifs is 3. The summed E-state index contributed by atoms with van der Waals surface area (Å²) < 4.78 is 11.9. The van der Waals surface area contributed by atoms with Crippen molar-refractivity contribution in [3.05, 3.63) is 74.3 Å². The summed E-state index contributed by atoms with van der Waals surface area (Å²) in [7, 11) is 0. The largest absolute Gasteiger partial charge is 0.489 e. The number of nitro benzene ring substituents is 1. The first-order valence-corrected chi connectivity index (χ1v) is 8.82. The molecule has 2 atom stereocenters. The molecular formula is C21H19NO5. The Morgan fingerprint density at radius 1 is 1.15 bits per heavy atom. The first-order valence-electron chi connectivity index (χ1n) is 8.82. The standard InChI is InChI=1S/C21H19NO5/c1-11-12(2)20-18(16-5-4-6-17(16)26-20)13(3)19(11)27-21(23)14-7-9-15(10-8-14)22(24)25/h4-5,7-10,16-17H,6H2,1-3H3/t16-,17+/m1/s1. The van der Waals surface area contributed by atoms with E-state index in [4.69, 9.17) is 9.47 Å². The van der Waals surface area contributed by atoms with Gasteiger partial charge in [-0.1, -0.05) is 12.2 Å². The van der Waals surface area contributed by atoms with Crippen molar-refractivity contribution in [3.63, 3.8) is 0 Å². The normalized spacial score (nSPS) is 19.4. The molecular weight excluding hydrogens is 346 g/mol. The van der Waals surface area contributed by atoms with E-state index >= 15 is 0 Å². The second kappa shape index (κ2) is 6.23. The van der Waals surface area contributed by atoms with E-state index in [0.29, 0.717) is 5.75 Å². The number of esters is 1. The number of hydrogen-bond acceptors (Lipinski definition) is 5. The lowest BCUT2D eigenvalue weighted by Gasteiger charge is -2.18. The molecule has 6 heteroatoms. The van der Waals surface area contributed by atoms with Crippen LogP contribution in [0.25, 0.3) is 0 Å². The SMILES string of the molecule is Cc1c(C)c2c(c(C)c1OC(=O)c1ccc([N+](=O)[O-])cc1)[C@@H]1C=CC[C@@H]1O2.